The Labute approximate surface area is 183 Å². The average molecular weight is 415 g/mol. The molecule has 6 aliphatic rings. The highest BCUT2D eigenvalue weighted by molar-refractivity contribution is 5.26. The summed E-state index contributed by atoms with van der Waals surface area (Å²) < 4.78 is 13.3. The van der Waals surface area contributed by atoms with Gasteiger partial charge in [-0.1, -0.05) is 39.3 Å². The van der Waals surface area contributed by atoms with Gasteiger partial charge in [-0.05, 0) is 91.8 Å². The van der Waals surface area contributed by atoms with Gasteiger partial charge in [-0.2, -0.15) is 0 Å². The molecule has 3 saturated carbocycles. The van der Waals surface area contributed by atoms with Crippen molar-refractivity contribution in [1.29, 1.82) is 0 Å². The van der Waals surface area contributed by atoms with E-state index in [1.54, 1.807) is 5.57 Å². The van der Waals surface area contributed by atoms with Crippen LogP contribution in [0.4, 0.5) is 0 Å². The fourth-order valence-corrected chi connectivity index (χ4v) is 9.66. The SMILES string of the molecule is C[C@@H]1CC[C@@]2(OC1)O[C@@H]1C[C@H]3[C@@H]4CC=C5C[C@@H](O)CC[C@]5(C)[C@H]4CC[C@]3(C)[C@H]1[C@@H]2C. The second kappa shape index (κ2) is 6.58. The monoisotopic (exact) mass is 414 g/mol. The molecule has 2 aliphatic heterocycles. The van der Waals surface area contributed by atoms with Crippen molar-refractivity contribution in [2.24, 2.45) is 46.3 Å². The predicted molar refractivity (Wildman–Crippen MR) is 118 cm³/mol. The van der Waals surface area contributed by atoms with Crippen LogP contribution >= 0.6 is 0 Å². The molecule has 3 nitrogen and oxygen atoms in total. The van der Waals surface area contributed by atoms with Crippen LogP contribution in [0.3, 0.4) is 0 Å². The lowest BCUT2D eigenvalue weighted by Gasteiger charge is -2.58. The van der Waals surface area contributed by atoms with Crippen molar-refractivity contribution in [2.45, 2.75) is 103 Å². The smallest absolute Gasteiger partial charge is 0.171 e. The molecule has 4 aliphatic carbocycles. The molecular formula is C27H42O3. The van der Waals surface area contributed by atoms with Crippen LogP contribution < -0.4 is 0 Å². The van der Waals surface area contributed by atoms with Gasteiger partial charge in [0.15, 0.2) is 5.79 Å². The molecule has 6 rings (SSSR count). The molecule has 0 bridgehead atoms. The first kappa shape index (κ1) is 20.2. The zero-order valence-electron chi connectivity index (χ0n) is 19.5. The maximum Gasteiger partial charge on any atom is 0.171 e. The number of hydrogen-bond acceptors (Lipinski definition) is 3. The zero-order valence-corrected chi connectivity index (χ0v) is 19.5. The Morgan fingerprint density at radius 1 is 1.03 bits per heavy atom. The summed E-state index contributed by atoms with van der Waals surface area (Å²) in [5, 5.41) is 10.3. The van der Waals surface area contributed by atoms with Crippen LogP contribution in [0.1, 0.15) is 85.5 Å². The van der Waals surface area contributed by atoms with Crippen LogP contribution in [-0.4, -0.2) is 29.7 Å². The van der Waals surface area contributed by atoms with E-state index < -0.39 is 0 Å². The van der Waals surface area contributed by atoms with Gasteiger partial charge in [-0.3, -0.25) is 0 Å². The minimum Gasteiger partial charge on any atom is -0.393 e. The van der Waals surface area contributed by atoms with Crippen molar-refractivity contribution >= 4 is 0 Å². The van der Waals surface area contributed by atoms with Gasteiger partial charge in [-0.25, -0.2) is 0 Å². The Hall–Kier alpha value is -0.380. The van der Waals surface area contributed by atoms with Crippen molar-refractivity contribution in [3.8, 4) is 0 Å². The van der Waals surface area contributed by atoms with E-state index in [0.717, 1.165) is 43.6 Å². The summed E-state index contributed by atoms with van der Waals surface area (Å²) in [6.07, 6.45) is 13.5. The zero-order chi connectivity index (χ0) is 20.9. The standard InChI is InChI=1S/C27H42O3/c1-16-7-12-27(29-15-16)17(2)24-23(30-27)14-22-20-6-5-18-13-19(28)8-10-25(18,3)21(20)9-11-26(22,24)4/h5,16-17,19-24,28H,6-15H2,1-4H3/t16-,17+,19+,20-,21+,22+,23-,24+,25+,26+,27-/m1/s1. The molecule has 0 aromatic heterocycles. The van der Waals surface area contributed by atoms with Crippen LogP contribution in [0.5, 0.6) is 0 Å². The Morgan fingerprint density at radius 2 is 1.87 bits per heavy atom. The van der Waals surface area contributed by atoms with Gasteiger partial charge in [0.1, 0.15) is 0 Å². The van der Waals surface area contributed by atoms with E-state index in [0.29, 0.717) is 34.7 Å². The van der Waals surface area contributed by atoms with E-state index in [2.05, 4.69) is 33.8 Å². The van der Waals surface area contributed by atoms with Gasteiger partial charge in [0.05, 0.1) is 18.8 Å². The summed E-state index contributed by atoms with van der Waals surface area (Å²) in [4.78, 5) is 0. The van der Waals surface area contributed by atoms with Crippen molar-refractivity contribution in [2.75, 3.05) is 6.61 Å². The third kappa shape index (κ3) is 2.55. The first-order valence-corrected chi connectivity index (χ1v) is 13.0. The molecule has 0 unspecified atom stereocenters. The van der Waals surface area contributed by atoms with Gasteiger partial charge in [0.2, 0.25) is 0 Å². The second-order valence-corrected chi connectivity index (χ2v) is 12.7. The Kier molecular flexibility index (Phi) is 4.44. The Morgan fingerprint density at radius 3 is 2.63 bits per heavy atom. The van der Waals surface area contributed by atoms with Crippen molar-refractivity contribution < 1.29 is 14.6 Å². The number of aliphatic hydroxyl groups excluding tert-OH is 1. The molecule has 1 spiro atoms. The van der Waals surface area contributed by atoms with Crippen LogP contribution in [0.15, 0.2) is 11.6 Å². The van der Waals surface area contributed by atoms with E-state index in [4.69, 9.17) is 9.47 Å². The van der Waals surface area contributed by atoms with Crippen molar-refractivity contribution in [3.05, 3.63) is 11.6 Å². The van der Waals surface area contributed by atoms with Crippen LogP contribution in [0.2, 0.25) is 0 Å². The molecule has 0 radical (unpaired) electrons. The van der Waals surface area contributed by atoms with E-state index in [-0.39, 0.29) is 11.9 Å². The summed E-state index contributed by atoms with van der Waals surface area (Å²) in [7, 11) is 0. The number of ether oxygens (including phenoxy) is 2. The normalized spacial score (nSPS) is 59.8. The molecule has 5 fully saturated rings. The first-order valence-electron chi connectivity index (χ1n) is 13.0. The fourth-order valence-electron chi connectivity index (χ4n) is 9.66. The number of allylic oxidation sites excluding steroid dienone is 1. The highest BCUT2D eigenvalue weighted by atomic mass is 16.7. The molecule has 1 N–H and O–H groups in total. The lowest BCUT2D eigenvalue weighted by molar-refractivity contribution is -0.272. The average Bonchev–Trinajstić information content (AvgIpc) is 3.16. The van der Waals surface area contributed by atoms with Gasteiger partial charge in [0, 0.05) is 12.3 Å². The molecule has 3 heteroatoms. The number of rotatable bonds is 0. The fraction of sp³-hybridized carbons (Fsp3) is 0.926. The molecule has 0 amide bonds. The number of aliphatic hydroxyl groups is 1. The number of hydrogen-bond donors (Lipinski definition) is 1. The Bertz CT molecular complexity index is 736. The molecule has 0 aromatic carbocycles. The van der Waals surface area contributed by atoms with E-state index in [1.807, 2.05) is 0 Å². The topological polar surface area (TPSA) is 38.7 Å². The van der Waals surface area contributed by atoms with Gasteiger partial charge in [-0.15, -0.1) is 0 Å². The maximum atomic E-state index is 10.3. The molecule has 2 heterocycles. The van der Waals surface area contributed by atoms with Gasteiger partial charge < -0.3 is 14.6 Å². The third-order valence-corrected chi connectivity index (χ3v) is 11.3. The summed E-state index contributed by atoms with van der Waals surface area (Å²) in [6, 6.07) is 0. The quantitative estimate of drug-likeness (QED) is 0.516. The highest BCUT2D eigenvalue weighted by Crippen LogP contribution is 2.70. The first-order chi connectivity index (χ1) is 14.3. The number of fused-ring (bicyclic) bond motifs is 7. The summed E-state index contributed by atoms with van der Waals surface area (Å²) >= 11 is 0. The molecule has 168 valence electrons. The van der Waals surface area contributed by atoms with Crippen molar-refractivity contribution in [1.82, 2.24) is 0 Å². The van der Waals surface area contributed by atoms with E-state index in [9.17, 15) is 5.11 Å². The van der Waals surface area contributed by atoms with Gasteiger partial charge in [0.25, 0.3) is 0 Å². The molecule has 0 aromatic rings. The van der Waals surface area contributed by atoms with Crippen molar-refractivity contribution in [3.63, 3.8) is 0 Å². The molecule has 11 atom stereocenters. The van der Waals surface area contributed by atoms with E-state index in [1.165, 1.54) is 38.5 Å². The molecule has 2 saturated heterocycles. The third-order valence-electron chi connectivity index (χ3n) is 11.3. The van der Waals surface area contributed by atoms with Gasteiger partial charge >= 0.3 is 0 Å². The lowest BCUT2D eigenvalue weighted by Crippen LogP contribution is -2.52. The highest BCUT2D eigenvalue weighted by Gasteiger charge is 2.68. The minimum atomic E-state index is -0.294. The predicted octanol–water partition coefficient (Wildman–Crippen LogP) is 5.71. The molecule has 30 heavy (non-hydrogen) atoms. The summed E-state index contributed by atoms with van der Waals surface area (Å²) in [5.41, 5.74) is 2.31. The van der Waals surface area contributed by atoms with Crippen LogP contribution in [0, 0.1) is 46.3 Å². The molecular weight excluding hydrogens is 372 g/mol. The Balaban J connectivity index is 1.28. The van der Waals surface area contributed by atoms with Crippen LogP contribution in [-0.2, 0) is 9.47 Å². The second-order valence-electron chi connectivity index (χ2n) is 12.7. The maximum absolute atomic E-state index is 10.3. The largest absolute Gasteiger partial charge is 0.393 e. The van der Waals surface area contributed by atoms with E-state index >= 15 is 0 Å². The lowest BCUT2D eigenvalue weighted by atomic mass is 9.47. The summed E-state index contributed by atoms with van der Waals surface area (Å²) in [5.74, 6) is 3.94. The minimum absolute atomic E-state index is 0.107. The van der Waals surface area contributed by atoms with Crippen LogP contribution in [0.25, 0.3) is 0 Å². The summed E-state index contributed by atoms with van der Waals surface area (Å²) in [6.45, 7) is 10.8.